The van der Waals surface area contributed by atoms with Crippen molar-refractivity contribution >= 4 is 17.6 Å². The van der Waals surface area contributed by atoms with Crippen molar-refractivity contribution in [3.8, 4) is 5.75 Å². The number of aliphatic hydroxyl groups excluding tert-OH is 4. The molecule has 30 heavy (non-hydrogen) atoms. The molecule has 6 N–H and O–H groups in total. The fraction of sp³-hybridized carbons (Fsp3) is 0.529. The van der Waals surface area contributed by atoms with E-state index < -0.39 is 77.5 Å². The normalized spacial score (nSPS) is 28.2. The number of nitrogens with zero attached hydrogens (tertiary/aromatic N) is 1. The highest BCUT2D eigenvalue weighted by atomic mass is 16.7. The highest BCUT2D eigenvalue weighted by Crippen LogP contribution is 2.37. The third-order valence-electron chi connectivity index (χ3n) is 4.52. The smallest absolute Gasteiger partial charge is 0.377 e. The second-order valence-electron chi connectivity index (χ2n) is 6.71. The van der Waals surface area contributed by atoms with E-state index in [4.69, 9.17) is 14.6 Å². The van der Waals surface area contributed by atoms with Gasteiger partial charge in [-0.25, -0.2) is 4.79 Å². The van der Waals surface area contributed by atoms with E-state index in [2.05, 4.69) is 5.32 Å². The monoisotopic (exact) mass is 430 g/mol. The first kappa shape index (κ1) is 23.4. The van der Waals surface area contributed by atoms with Gasteiger partial charge in [0, 0.05) is 13.0 Å². The quantitative estimate of drug-likeness (QED) is 0.199. The molecule has 13 nitrogen and oxygen atoms in total. The van der Waals surface area contributed by atoms with Crippen LogP contribution < -0.4 is 10.1 Å². The van der Waals surface area contributed by atoms with Crippen LogP contribution in [0.5, 0.6) is 5.75 Å². The van der Waals surface area contributed by atoms with Crippen molar-refractivity contribution in [2.24, 2.45) is 0 Å². The first-order valence-corrected chi connectivity index (χ1v) is 8.78. The molecule has 1 aliphatic rings. The Morgan fingerprint density at radius 1 is 1.40 bits per heavy atom. The van der Waals surface area contributed by atoms with Gasteiger partial charge in [-0.15, -0.1) is 0 Å². The zero-order valence-electron chi connectivity index (χ0n) is 15.7. The lowest BCUT2D eigenvalue weighted by molar-refractivity contribution is -0.387. The van der Waals surface area contributed by atoms with Crippen molar-refractivity contribution in [3.05, 3.63) is 34.4 Å². The Bertz CT molecular complexity index is 804. The molecule has 0 radical (unpaired) electrons. The molecular weight excluding hydrogens is 408 g/mol. The summed E-state index contributed by atoms with van der Waals surface area (Å²) in [5.74, 6) is -5.62. The minimum Gasteiger partial charge on any atom is -0.476 e. The molecule has 4 unspecified atom stereocenters. The predicted molar refractivity (Wildman–Crippen MR) is 96.3 cm³/mol. The summed E-state index contributed by atoms with van der Waals surface area (Å²) in [6, 6.07) is 3.48. The van der Waals surface area contributed by atoms with Gasteiger partial charge in [0.05, 0.1) is 30.1 Å². The first-order valence-electron chi connectivity index (χ1n) is 8.78. The second kappa shape index (κ2) is 9.32. The lowest BCUT2D eigenvalue weighted by Crippen LogP contribution is -2.68. The number of hydrogen-bond acceptors (Lipinski definition) is 10. The number of aliphatic carboxylic acids is 1. The van der Waals surface area contributed by atoms with Gasteiger partial charge in [-0.2, -0.15) is 0 Å². The number of nitro benzene ring substituents is 1. The fourth-order valence-electron chi connectivity index (χ4n) is 3.10. The van der Waals surface area contributed by atoms with Gasteiger partial charge in [0.25, 0.3) is 0 Å². The number of amides is 1. The molecule has 1 aromatic carbocycles. The zero-order chi connectivity index (χ0) is 22.6. The molecule has 0 aromatic heterocycles. The van der Waals surface area contributed by atoms with Crippen LogP contribution in [0.4, 0.5) is 5.69 Å². The SMILES string of the molecule is CC(=O)NC1C(O)CC(Oc2ccccc2[N+](=O)[O-])(C(=O)O)OC1[C@@H](O)[C@H](O)CO. The molecule has 1 aliphatic heterocycles. The Hall–Kier alpha value is -2.84. The average molecular weight is 430 g/mol. The number of carboxylic acids is 1. The van der Waals surface area contributed by atoms with Gasteiger partial charge >= 0.3 is 17.4 Å². The molecule has 0 spiro atoms. The minimum absolute atomic E-state index is 0.481. The molecule has 2 rings (SSSR count). The third kappa shape index (κ3) is 4.83. The number of hydrogen-bond donors (Lipinski definition) is 6. The number of benzene rings is 1. The topological polar surface area (TPSA) is 209 Å². The van der Waals surface area contributed by atoms with Gasteiger partial charge in [0.2, 0.25) is 11.7 Å². The van der Waals surface area contributed by atoms with Crippen LogP contribution in [0.2, 0.25) is 0 Å². The Labute approximate surface area is 169 Å². The van der Waals surface area contributed by atoms with E-state index in [1.165, 1.54) is 12.1 Å². The molecule has 166 valence electrons. The molecule has 1 aromatic rings. The number of nitro groups is 1. The molecule has 13 heteroatoms. The van der Waals surface area contributed by atoms with Gasteiger partial charge in [0.1, 0.15) is 18.3 Å². The van der Waals surface area contributed by atoms with Crippen molar-refractivity contribution < 1.29 is 49.5 Å². The van der Waals surface area contributed by atoms with E-state index in [1.807, 2.05) is 0 Å². The lowest BCUT2D eigenvalue weighted by Gasteiger charge is -2.46. The van der Waals surface area contributed by atoms with Crippen LogP contribution in [0.1, 0.15) is 13.3 Å². The van der Waals surface area contributed by atoms with Crippen molar-refractivity contribution in [3.63, 3.8) is 0 Å². The number of aliphatic hydroxyl groups is 4. The van der Waals surface area contributed by atoms with Crippen LogP contribution in [0.15, 0.2) is 24.3 Å². The molecule has 1 saturated heterocycles. The van der Waals surface area contributed by atoms with Gasteiger partial charge in [-0.3, -0.25) is 14.9 Å². The maximum atomic E-state index is 12.0. The van der Waals surface area contributed by atoms with Gasteiger partial charge < -0.3 is 40.3 Å². The van der Waals surface area contributed by atoms with Gasteiger partial charge in [-0.05, 0) is 6.07 Å². The van der Waals surface area contributed by atoms with E-state index in [9.17, 15) is 40.1 Å². The van der Waals surface area contributed by atoms with Crippen molar-refractivity contribution in [2.75, 3.05) is 6.61 Å². The molecule has 1 fully saturated rings. The van der Waals surface area contributed by atoms with Crippen LogP contribution >= 0.6 is 0 Å². The molecule has 1 heterocycles. The van der Waals surface area contributed by atoms with Crippen LogP contribution in [-0.2, 0) is 14.3 Å². The number of rotatable bonds is 8. The van der Waals surface area contributed by atoms with E-state index >= 15 is 0 Å². The zero-order valence-corrected chi connectivity index (χ0v) is 15.7. The molecule has 0 saturated carbocycles. The van der Waals surface area contributed by atoms with E-state index in [-0.39, 0.29) is 0 Å². The summed E-state index contributed by atoms with van der Waals surface area (Å²) < 4.78 is 10.7. The van der Waals surface area contributed by atoms with E-state index in [0.29, 0.717) is 0 Å². The predicted octanol–water partition coefficient (Wildman–Crippen LogP) is -1.88. The summed E-state index contributed by atoms with van der Waals surface area (Å²) in [4.78, 5) is 33.9. The van der Waals surface area contributed by atoms with E-state index in [1.54, 1.807) is 0 Å². The standard InChI is InChI=1S/C17H22N2O11/c1-8(21)18-13-10(22)6-17(16(25)26,30-15(13)14(24)11(23)7-20)29-12-5-3-2-4-9(12)19(27)28/h2-5,10-11,13-15,20,22-24H,6-7H2,1H3,(H,18,21)(H,25,26)/t10?,11-,13?,14+,15?,17?/m1/s1. The summed E-state index contributed by atoms with van der Waals surface area (Å²) in [5.41, 5.74) is -0.576. The van der Waals surface area contributed by atoms with Crippen LogP contribution in [0, 0.1) is 10.1 Å². The second-order valence-corrected chi connectivity index (χ2v) is 6.71. The lowest BCUT2D eigenvalue weighted by atomic mass is 9.88. The van der Waals surface area contributed by atoms with Crippen LogP contribution in [0.25, 0.3) is 0 Å². The van der Waals surface area contributed by atoms with Gasteiger partial charge in [-0.1, -0.05) is 12.1 Å². The Morgan fingerprint density at radius 2 is 2.03 bits per heavy atom. The maximum Gasteiger partial charge on any atom is 0.377 e. The van der Waals surface area contributed by atoms with Gasteiger partial charge in [0.15, 0.2) is 0 Å². The third-order valence-corrected chi connectivity index (χ3v) is 4.52. The van der Waals surface area contributed by atoms with Crippen LogP contribution in [-0.4, -0.2) is 85.2 Å². The van der Waals surface area contributed by atoms with Crippen molar-refractivity contribution in [1.82, 2.24) is 5.32 Å². The van der Waals surface area contributed by atoms with Crippen LogP contribution in [0.3, 0.4) is 0 Å². The summed E-state index contributed by atoms with van der Waals surface area (Å²) in [6.45, 7) is 0.163. The number of ether oxygens (including phenoxy) is 2. The molecule has 0 bridgehead atoms. The molecule has 1 amide bonds. The Kier molecular flexibility index (Phi) is 7.28. The van der Waals surface area contributed by atoms with Crippen molar-refractivity contribution in [1.29, 1.82) is 0 Å². The molecular formula is C17H22N2O11. The van der Waals surface area contributed by atoms with Crippen molar-refractivity contribution in [2.45, 2.75) is 49.6 Å². The summed E-state index contributed by atoms with van der Waals surface area (Å²) in [7, 11) is 0. The number of para-hydroxylation sites is 2. The number of nitrogens with one attached hydrogen (secondary N) is 1. The summed E-state index contributed by atoms with van der Waals surface area (Å²) >= 11 is 0. The largest absolute Gasteiger partial charge is 0.476 e. The number of carbonyl (C=O) groups excluding carboxylic acids is 1. The maximum absolute atomic E-state index is 12.0. The number of carbonyl (C=O) groups is 2. The molecule has 6 atom stereocenters. The summed E-state index contributed by atoms with van der Waals surface area (Å²) in [6.07, 6.45) is -7.95. The highest BCUT2D eigenvalue weighted by molar-refractivity contribution is 5.77. The van der Waals surface area contributed by atoms with E-state index in [0.717, 1.165) is 19.1 Å². The number of carboxylic acid groups (broad SMARTS) is 1. The molecule has 0 aliphatic carbocycles. The fourth-order valence-corrected chi connectivity index (χ4v) is 3.10. The summed E-state index contributed by atoms with van der Waals surface area (Å²) in [5, 5.41) is 63.0. The minimum atomic E-state index is -2.71. The average Bonchev–Trinajstić information content (AvgIpc) is 2.68. The Morgan fingerprint density at radius 3 is 2.57 bits per heavy atom. The Balaban J connectivity index is 2.49. The first-order chi connectivity index (χ1) is 14.0. The highest BCUT2D eigenvalue weighted by Gasteiger charge is 2.57.